The van der Waals surface area contributed by atoms with Crippen LogP contribution in [-0.2, 0) is 4.74 Å². The van der Waals surface area contributed by atoms with Crippen molar-refractivity contribution in [3.63, 3.8) is 0 Å². The first-order chi connectivity index (χ1) is 9.66. The van der Waals surface area contributed by atoms with Crippen LogP contribution in [-0.4, -0.2) is 47.6 Å². The summed E-state index contributed by atoms with van der Waals surface area (Å²) in [7, 11) is 0. The summed E-state index contributed by atoms with van der Waals surface area (Å²) in [6.07, 6.45) is 1.62. The van der Waals surface area contributed by atoms with Crippen molar-refractivity contribution in [1.29, 1.82) is 0 Å². The van der Waals surface area contributed by atoms with E-state index < -0.39 is 0 Å². The van der Waals surface area contributed by atoms with E-state index in [2.05, 4.69) is 26.0 Å². The molecule has 1 aliphatic rings. The molecule has 3 rings (SSSR count). The van der Waals surface area contributed by atoms with Gasteiger partial charge in [-0.25, -0.2) is 0 Å². The molecular weight excluding hydrogens is 346 g/mol. The molecule has 2 heterocycles. The number of morpholine rings is 1. The van der Waals surface area contributed by atoms with E-state index in [1.54, 1.807) is 6.21 Å². The molecule has 1 saturated heterocycles. The molecule has 2 aromatic rings. The third-order valence-electron chi connectivity index (χ3n) is 3.19. The van der Waals surface area contributed by atoms with Crippen molar-refractivity contribution >= 4 is 44.6 Å². The van der Waals surface area contributed by atoms with E-state index in [1.807, 2.05) is 17.1 Å². The van der Waals surface area contributed by atoms with Crippen LogP contribution in [0.4, 0.5) is 0 Å². The summed E-state index contributed by atoms with van der Waals surface area (Å²) in [5, 5.41) is 17.6. The number of benzene rings is 1. The fourth-order valence-electron chi connectivity index (χ4n) is 2.13. The van der Waals surface area contributed by atoms with Crippen LogP contribution < -0.4 is 0 Å². The van der Waals surface area contributed by atoms with Gasteiger partial charge in [-0.15, -0.1) is 0 Å². The van der Waals surface area contributed by atoms with Gasteiger partial charge >= 0.3 is 0 Å². The quantitative estimate of drug-likeness (QED) is 0.812. The molecule has 0 spiro atoms. The number of aromatic hydroxyl groups is 1. The molecule has 2 N–H and O–H groups in total. The van der Waals surface area contributed by atoms with Crippen LogP contribution in [0.2, 0.25) is 5.02 Å². The van der Waals surface area contributed by atoms with Gasteiger partial charge in [0.15, 0.2) is 5.75 Å². The lowest BCUT2D eigenvalue weighted by Crippen LogP contribution is -2.32. The fourth-order valence-corrected chi connectivity index (χ4v) is 2.71. The van der Waals surface area contributed by atoms with Gasteiger partial charge < -0.3 is 14.8 Å². The molecular formula is C13H13BrClN3O2. The second-order valence-electron chi connectivity index (χ2n) is 4.48. The molecule has 1 aliphatic heterocycles. The first kappa shape index (κ1) is 13.7. The summed E-state index contributed by atoms with van der Waals surface area (Å²) in [5.74, 6) is 0.114. The van der Waals surface area contributed by atoms with E-state index in [9.17, 15) is 5.11 Å². The maximum atomic E-state index is 10.3. The van der Waals surface area contributed by atoms with Crippen LogP contribution in [0.1, 0.15) is 5.69 Å². The first-order valence-corrected chi connectivity index (χ1v) is 7.39. The monoisotopic (exact) mass is 357 g/mol. The highest BCUT2D eigenvalue weighted by Gasteiger charge is 2.14. The zero-order chi connectivity index (χ0) is 14.1. The van der Waals surface area contributed by atoms with Gasteiger partial charge in [-0.1, -0.05) is 11.6 Å². The number of hydrogen-bond donors (Lipinski definition) is 2. The third kappa shape index (κ3) is 2.51. The van der Waals surface area contributed by atoms with Crippen LogP contribution in [0.3, 0.4) is 0 Å². The molecule has 1 aromatic heterocycles. The van der Waals surface area contributed by atoms with Crippen LogP contribution in [0.5, 0.6) is 5.75 Å². The lowest BCUT2D eigenvalue weighted by molar-refractivity contribution is 0.0396. The van der Waals surface area contributed by atoms with Crippen molar-refractivity contribution in [3.05, 3.63) is 27.3 Å². The fraction of sp³-hybridized carbons (Fsp3) is 0.308. The normalized spacial score (nSPS) is 16.4. The number of halogens is 2. The van der Waals surface area contributed by atoms with E-state index in [0.717, 1.165) is 23.1 Å². The molecule has 20 heavy (non-hydrogen) atoms. The molecule has 106 valence electrons. The van der Waals surface area contributed by atoms with Gasteiger partial charge in [0.05, 0.1) is 48.4 Å². The standard InChI is InChI=1S/C13H13BrClN3O2/c14-8-1-2-9-11(12(8)15)13(19)10(17-9)7-16-18-3-5-20-6-4-18/h1-2,7,17,19H,3-6H2/b16-7+. The van der Waals surface area contributed by atoms with Gasteiger partial charge in [-0.2, -0.15) is 5.10 Å². The molecule has 0 unspecified atom stereocenters. The largest absolute Gasteiger partial charge is 0.505 e. The maximum absolute atomic E-state index is 10.3. The van der Waals surface area contributed by atoms with E-state index in [-0.39, 0.29) is 5.75 Å². The van der Waals surface area contributed by atoms with E-state index >= 15 is 0 Å². The van der Waals surface area contributed by atoms with Crippen molar-refractivity contribution in [2.75, 3.05) is 26.3 Å². The number of hydrazone groups is 1. The number of H-pyrrole nitrogens is 1. The summed E-state index contributed by atoms with van der Waals surface area (Å²) < 4.78 is 6.00. The molecule has 7 heteroatoms. The van der Waals surface area contributed by atoms with Gasteiger partial charge in [0.1, 0.15) is 5.69 Å². The minimum atomic E-state index is 0.114. The van der Waals surface area contributed by atoms with E-state index in [1.165, 1.54) is 0 Å². The van der Waals surface area contributed by atoms with Crippen LogP contribution in [0.25, 0.3) is 10.9 Å². The molecule has 0 saturated carbocycles. The summed E-state index contributed by atoms with van der Waals surface area (Å²) >= 11 is 9.54. The van der Waals surface area contributed by atoms with Gasteiger partial charge in [0.25, 0.3) is 0 Å². The molecule has 0 atom stereocenters. The number of aromatic amines is 1. The smallest absolute Gasteiger partial charge is 0.151 e. The topological polar surface area (TPSA) is 60.9 Å². The second kappa shape index (κ2) is 5.63. The lowest BCUT2D eigenvalue weighted by Gasteiger charge is -2.23. The van der Waals surface area contributed by atoms with Crippen molar-refractivity contribution < 1.29 is 9.84 Å². The summed E-state index contributed by atoms with van der Waals surface area (Å²) in [4.78, 5) is 3.11. The predicted molar refractivity (Wildman–Crippen MR) is 82.7 cm³/mol. The van der Waals surface area contributed by atoms with Gasteiger partial charge in [-0.3, -0.25) is 5.01 Å². The minimum Gasteiger partial charge on any atom is -0.505 e. The SMILES string of the molecule is Oc1c(/C=N/N2CCOCC2)[nH]c2ccc(Br)c(Cl)c12. The number of nitrogens with zero attached hydrogens (tertiary/aromatic N) is 2. The van der Waals surface area contributed by atoms with Crippen molar-refractivity contribution in [2.24, 2.45) is 5.10 Å². The van der Waals surface area contributed by atoms with Gasteiger partial charge in [0.2, 0.25) is 0 Å². The molecule has 0 aliphatic carbocycles. The van der Waals surface area contributed by atoms with Gasteiger partial charge in [0, 0.05) is 4.47 Å². The highest BCUT2D eigenvalue weighted by Crippen LogP contribution is 2.38. The van der Waals surface area contributed by atoms with Crippen molar-refractivity contribution in [2.45, 2.75) is 0 Å². The Kier molecular flexibility index (Phi) is 3.87. The second-order valence-corrected chi connectivity index (χ2v) is 5.71. The highest BCUT2D eigenvalue weighted by molar-refractivity contribution is 9.10. The van der Waals surface area contributed by atoms with Crippen LogP contribution >= 0.6 is 27.5 Å². The lowest BCUT2D eigenvalue weighted by atomic mass is 10.2. The molecule has 0 bridgehead atoms. The molecule has 1 fully saturated rings. The Morgan fingerprint density at radius 1 is 1.40 bits per heavy atom. The Morgan fingerprint density at radius 2 is 2.15 bits per heavy atom. The summed E-state index contributed by atoms with van der Waals surface area (Å²) in [6.45, 7) is 2.86. The van der Waals surface area contributed by atoms with Crippen molar-refractivity contribution in [1.82, 2.24) is 9.99 Å². The average molecular weight is 359 g/mol. The average Bonchev–Trinajstić information content (AvgIpc) is 2.79. The van der Waals surface area contributed by atoms with Gasteiger partial charge in [-0.05, 0) is 28.1 Å². The third-order valence-corrected chi connectivity index (χ3v) is 4.48. The summed E-state index contributed by atoms with van der Waals surface area (Å²) in [5.41, 5.74) is 1.32. The highest BCUT2D eigenvalue weighted by atomic mass is 79.9. The molecule has 1 aromatic carbocycles. The van der Waals surface area contributed by atoms with E-state index in [4.69, 9.17) is 16.3 Å². The first-order valence-electron chi connectivity index (χ1n) is 6.22. The predicted octanol–water partition coefficient (Wildman–Crippen LogP) is 2.96. The number of hydrogen-bond acceptors (Lipinski definition) is 4. The Bertz CT molecular complexity index is 665. The van der Waals surface area contributed by atoms with Crippen molar-refractivity contribution in [3.8, 4) is 5.75 Å². The van der Waals surface area contributed by atoms with Crippen LogP contribution in [0, 0.1) is 0 Å². The Morgan fingerprint density at radius 3 is 2.90 bits per heavy atom. The number of nitrogens with one attached hydrogen (secondary N) is 1. The molecule has 0 amide bonds. The molecule has 5 nitrogen and oxygen atoms in total. The number of aromatic nitrogens is 1. The Balaban J connectivity index is 1.94. The maximum Gasteiger partial charge on any atom is 0.151 e. The summed E-state index contributed by atoms with van der Waals surface area (Å²) in [6, 6.07) is 3.70. The number of fused-ring (bicyclic) bond motifs is 1. The molecule has 0 radical (unpaired) electrons. The van der Waals surface area contributed by atoms with Crippen LogP contribution in [0.15, 0.2) is 21.7 Å². The zero-order valence-corrected chi connectivity index (χ0v) is 12.9. The number of rotatable bonds is 2. The van der Waals surface area contributed by atoms with E-state index in [0.29, 0.717) is 29.3 Å². The Labute approximate surface area is 129 Å². The zero-order valence-electron chi connectivity index (χ0n) is 10.6. The Hall–Kier alpha value is -1.24. The number of ether oxygens (including phenoxy) is 1. The minimum absolute atomic E-state index is 0.114.